The van der Waals surface area contributed by atoms with Gasteiger partial charge in [0.2, 0.25) is 0 Å². The average Bonchev–Trinajstić information content (AvgIpc) is 3.03. The zero-order valence-electron chi connectivity index (χ0n) is 21.3. The van der Waals surface area contributed by atoms with Gasteiger partial charge in [0, 0.05) is 5.41 Å². The van der Waals surface area contributed by atoms with E-state index in [4.69, 9.17) is 0 Å². The lowest BCUT2D eigenvalue weighted by Crippen LogP contribution is -2.14. The second-order valence-corrected chi connectivity index (χ2v) is 5.53. The van der Waals surface area contributed by atoms with E-state index in [1.807, 2.05) is 55.4 Å². The summed E-state index contributed by atoms with van der Waals surface area (Å²) in [6, 6.07) is 17.4. The van der Waals surface area contributed by atoms with Crippen LogP contribution in [0.25, 0.3) is 11.1 Å². The number of nitrogens with two attached hydrogens (primary N) is 1. The maximum atomic E-state index is 4.50. The molecule has 166 valence electrons. The summed E-state index contributed by atoms with van der Waals surface area (Å²) >= 11 is 0. The van der Waals surface area contributed by atoms with Crippen LogP contribution in [0.5, 0.6) is 0 Å². The quantitative estimate of drug-likeness (QED) is 0.439. The maximum absolute atomic E-state index is 4.50. The predicted molar refractivity (Wildman–Crippen MR) is 140 cm³/mol. The van der Waals surface area contributed by atoms with Gasteiger partial charge in [-0.05, 0) is 43.1 Å². The molecule has 1 aliphatic carbocycles. The van der Waals surface area contributed by atoms with Crippen molar-refractivity contribution in [2.75, 3.05) is 7.05 Å². The lowest BCUT2D eigenvalue weighted by atomic mass is 9.82. The molecule has 0 saturated carbocycles. The fourth-order valence-corrected chi connectivity index (χ4v) is 2.67. The lowest BCUT2D eigenvalue weighted by Gasteiger charge is -2.20. The normalized spacial score (nSPS) is 9.93. The number of hydrogen-bond acceptors (Lipinski definition) is 1. The Bertz CT molecular complexity index is 556. The third-order valence-corrected chi connectivity index (χ3v) is 3.49. The van der Waals surface area contributed by atoms with Crippen LogP contribution in [0.15, 0.2) is 73.8 Å². The van der Waals surface area contributed by atoms with E-state index in [9.17, 15) is 0 Å². The van der Waals surface area contributed by atoms with Gasteiger partial charge in [-0.3, -0.25) is 0 Å². The Balaban J connectivity index is -0.000000190. The zero-order chi connectivity index (χ0) is 23.9. The minimum atomic E-state index is 0.160. The summed E-state index contributed by atoms with van der Waals surface area (Å²) in [5.41, 5.74) is 10.4. The van der Waals surface area contributed by atoms with Gasteiger partial charge in [-0.25, -0.2) is 0 Å². The Morgan fingerprint density at radius 3 is 1.07 bits per heavy atom. The van der Waals surface area contributed by atoms with Crippen LogP contribution in [0.4, 0.5) is 0 Å². The van der Waals surface area contributed by atoms with Gasteiger partial charge in [0.15, 0.2) is 0 Å². The third-order valence-electron chi connectivity index (χ3n) is 3.49. The van der Waals surface area contributed by atoms with Crippen molar-refractivity contribution in [1.82, 2.24) is 0 Å². The van der Waals surface area contributed by atoms with Crippen LogP contribution in [0.3, 0.4) is 0 Å². The van der Waals surface area contributed by atoms with Crippen molar-refractivity contribution >= 4 is 0 Å². The molecule has 0 spiro atoms. The smallest absolute Gasteiger partial charge is 0.0158 e. The Labute approximate surface area is 183 Å². The van der Waals surface area contributed by atoms with Crippen LogP contribution in [0.1, 0.15) is 80.4 Å². The highest BCUT2D eigenvalue weighted by molar-refractivity contribution is 5.80. The molecule has 0 fully saturated rings. The van der Waals surface area contributed by atoms with E-state index in [0.717, 1.165) is 0 Å². The Hall–Kier alpha value is -2.12. The summed E-state index contributed by atoms with van der Waals surface area (Å²) in [5.74, 6) is 0. The van der Waals surface area contributed by atoms with Crippen LogP contribution in [0, 0.1) is 0 Å². The Kier molecular flexibility index (Phi) is 28.4. The van der Waals surface area contributed by atoms with Crippen molar-refractivity contribution < 1.29 is 0 Å². The van der Waals surface area contributed by atoms with E-state index >= 15 is 0 Å². The van der Waals surface area contributed by atoms with Crippen LogP contribution >= 0.6 is 0 Å². The largest absolute Gasteiger partial charge is 0.333 e. The van der Waals surface area contributed by atoms with Gasteiger partial charge in [-0.1, -0.05) is 116 Å². The molecule has 0 aromatic heterocycles. The fourth-order valence-electron chi connectivity index (χ4n) is 2.67. The van der Waals surface area contributed by atoms with Crippen LogP contribution in [-0.2, 0) is 5.41 Å². The minimum absolute atomic E-state index is 0.160. The van der Waals surface area contributed by atoms with Crippen molar-refractivity contribution in [3.8, 4) is 11.1 Å². The zero-order valence-corrected chi connectivity index (χ0v) is 21.3. The molecule has 0 radical (unpaired) electrons. The van der Waals surface area contributed by atoms with Crippen LogP contribution < -0.4 is 5.73 Å². The molecule has 2 N–H and O–H groups in total. The highest BCUT2D eigenvalue weighted by Crippen LogP contribution is 2.47. The summed E-state index contributed by atoms with van der Waals surface area (Å²) in [4.78, 5) is 0. The van der Waals surface area contributed by atoms with Crippen molar-refractivity contribution in [3.63, 3.8) is 0 Å². The molecule has 0 aliphatic heterocycles. The summed E-state index contributed by atoms with van der Waals surface area (Å²) < 4.78 is 0. The van der Waals surface area contributed by atoms with Gasteiger partial charge >= 0.3 is 0 Å². The first-order valence-corrected chi connectivity index (χ1v) is 11.0. The number of allylic oxidation sites excluding steroid dienone is 2. The summed E-state index contributed by atoms with van der Waals surface area (Å²) in [6.45, 7) is 27.1. The van der Waals surface area contributed by atoms with Gasteiger partial charge in [0.1, 0.15) is 0 Å². The number of fused-ring (bicyclic) bond motifs is 3. The van der Waals surface area contributed by atoms with E-state index in [-0.39, 0.29) is 5.41 Å². The molecule has 0 bridgehead atoms. The highest BCUT2D eigenvalue weighted by atomic mass is 14.4. The van der Waals surface area contributed by atoms with Gasteiger partial charge in [-0.2, -0.15) is 0 Å². The van der Waals surface area contributed by atoms with Crippen molar-refractivity contribution in [2.45, 2.75) is 74.7 Å². The molecule has 1 aliphatic rings. The van der Waals surface area contributed by atoms with Crippen molar-refractivity contribution in [1.29, 1.82) is 0 Å². The van der Waals surface area contributed by atoms with Gasteiger partial charge in [0.25, 0.3) is 0 Å². The fraction of sp³-hybridized carbons (Fsp3) is 0.429. The molecule has 1 heteroatoms. The van der Waals surface area contributed by atoms with Crippen LogP contribution in [0.2, 0.25) is 0 Å². The van der Waals surface area contributed by atoms with E-state index in [0.29, 0.717) is 0 Å². The highest BCUT2D eigenvalue weighted by Gasteiger charge is 2.34. The van der Waals surface area contributed by atoms with Gasteiger partial charge < -0.3 is 5.73 Å². The molecule has 3 rings (SSSR count). The van der Waals surface area contributed by atoms with Crippen molar-refractivity contribution in [3.05, 3.63) is 85.0 Å². The number of rotatable bonds is 0. The lowest BCUT2D eigenvalue weighted by molar-refractivity contribution is 0.660. The van der Waals surface area contributed by atoms with E-state index in [2.05, 4.69) is 81.3 Å². The number of benzene rings is 2. The molecule has 1 nitrogen and oxygen atoms in total. The monoisotopic (exact) mass is 399 g/mol. The minimum Gasteiger partial charge on any atom is -0.333 e. The van der Waals surface area contributed by atoms with Crippen molar-refractivity contribution in [2.24, 2.45) is 5.73 Å². The van der Waals surface area contributed by atoms with Gasteiger partial charge in [-0.15, -0.1) is 13.2 Å². The van der Waals surface area contributed by atoms with E-state index < -0.39 is 0 Å². The first kappa shape index (κ1) is 34.4. The maximum Gasteiger partial charge on any atom is 0.0158 e. The summed E-state index contributed by atoms with van der Waals surface area (Å²) in [7, 11) is 1.50. The van der Waals surface area contributed by atoms with Gasteiger partial charge in [0.05, 0.1) is 0 Å². The molecule has 0 heterocycles. The second kappa shape index (κ2) is 23.9. The summed E-state index contributed by atoms with van der Waals surface area (Å²) in [6.07, 6.45) is 3.50. The molecule has 2 aromatic rings. The molecular formula is C28H49N. The Morgan fingerprint density at radius 2 is 0.828 bits per heavy atom. The first-order valence-electron chi connectivity index (χ1n) is 11.0. The topological polar surface area (TPSA) is 26.0 Å². The summed E-state index contributed by atoms with van der Waals surface area (Å²) in [5, 5.41) is 0. The standard InChI is InChI=1S/C15H14.2C3H6.3C2H6.CH5N/c1-15(2)13-9-5-3-7-11(13)12-8-4-6-10-14(12)15;2*1-3-2;4*1-2/h3-10H,1-2H3;2*3H,1H2,2H3;3*1-2H3;2H2,1H3. The average molecular weight is 400 g/mol. The third kappa shape index (κ3) is 11.5. The molecule has 2 aromatic carbocycles. The molecule has 0 atom stereocenters. The molecule has 0 unspecified atom stereocenters. The van der Waals surface area contributed by atoms with E-state index in [1.54, 1.807) is 12.2 Å². The SMILES string of the molecule is C=CC.C=CC.CC.CC.CC.CC1(C)c2ccccc2-c2ccccc21.CN. The molecular weight excluding hydrogens is 350 g/mol. The molecule has 0 saturated heterocycles. The first-order chi connectivity index (χ1) is 14.0. The second-order valence-electron chi connectivity index (χ2n) is 5.53. The predicted octanol–water partition coefficient (Wildman–Crippen LogP) is 9.03. The van der Waals surface area contributed by atoms with Crippen LogP contribution in [-0.4, -0.2) is 7.05 Å². The number of hydrogen-bond donors (Lipinski definition) is 1. The molecule has 29 heavy (non-hydrogen) atoms. The molecule has 0 amide bonds. The Morgan fingerprint density at radius 1 is 0.621 bits per heavy atom. The van der Waals surface area contributed by atoms with E-state index in [1.165, 1.54) is 29.3 Å².